The van der Waals surface area contributed by atoms with E-state index in [0.29, 0.717) is 0 Å². The lowest BCUT2D eigenvalue weighted by molar-refractivity contribution is -0.00650. The van der Waals surface area contributed by atoms with Crippen molar-refractivity contribution in [2.75, 3.05) is 6.61 Å². The molecule has 2 aromatic heterocycles. The topological polar surface area (TPSA) is 50.8 Å². The Morgan fingerprint density at radius 3 is 2.87 bits per heavy atom. The molecule has 0 amide bonds. The summed E-state index contributed by atoms with van der Waals surface area (Å²) >= 11 is 0. The standard InChI is InChI=1S/C19H19N3O/c1-2-5-13(6-3-1)18-20-12-16-17(22-18)14-11-19(8-4-10-23-19)9-7-15(14)21-16/h1-3,5-6,12,21H,4,7-11H2. The van der Waals surface area contributed by atoms with Crippen molar-refractivity contribution in [3.63, 3.8) is 0 Å². The maximum absolute atomic E-state index is 6.11. The molecule has 5 rings (SSSR count). The smallest absolute Gasteiger partial charge is 0.159 e. The molecule has 116 valence electrons. The summed E-state index contributed by atoms with van der Waals surface area (Å²) in [4.78, 5) is 12.9. The van der Waals surface area contributed by atoms with Gasteiger partial charge in [-0.1, -0.05) is 30.3 Å². The molecule has 0 bridgehead atoms. The fourth-order valence-corrected chi connectivity index (χ4v) is 4.07. The van der Waals surface area contributed by atoms with Crippen LogP contribution in [0, 0.1) is 0 Å². The lowest BCUT2D eigenvalue weighted by Crippen LogP contribution is -2.34. The lowest BCUT2D eigenvalue weighted by Gasteiger charge is -2.32. The van der Waals surface area contributed by atoms with E-state index in [-0.39, 0.29) is 5.60 Å². The maximum atomic E-state index is 6.11. The number of fused-ring (bicyclic) bond motifs is 3. The highest BCUT2D eigenvalue weighted by atomic mass is 16.5. The summed E-state index contributed by atoms with van der Waals surface area (Å²) in [6.45, 7) is 0.905. The van der Waals surface area contributed by atoms with Gasteiger partial charge in [-0.2, -0.15) is 0 Å². The van der Waals surface area contributed by atoms with Crippen LogP contribution in [0.4, 0.5) is 0 Å². The van der Waals surface area contributed by atoms with Crippen LogP contribution in [0.3, 0.4) is 0 Å². The summed E-state index contributed by atoms with van der Waals surface area (Å²) in [5, 5.41) is 0. The summed E-state index contributed by atoms with van der Waals surface area (Å²) < 4.78 is 6.11. The Balaban J connectivity index is 1.63. The second kappa shape index (κ2) is 4.90. The molecule has 3 heterocycles. The summed E-state index contributed by atoms with van der Waals surface area (Å²) in [6, 6.07) is 10.2. The maximum Gasteiger partial charge on any atom is 0.159 e. The summed E-state index contributed by atoms with van der Waals surface area (Å²) in [5.74, 6) is 0.798. The highest BCUT2D eigenvalue weighted by molar-refractivity contribution is 5.82. The average Bonchev–Trinajstić information content (AvgIpc) is 3.20. The van der Waals surface area contributed by atoms with E-state index in [4.69, 9.17) is 9.72 Å². The number of ether oxygens (including phenoxy) is 1. The first-order valence-electron chi connectivity index (χ1n) is 8.39. The van der Waals surface area contributed by atoms with Crippen LogP contribution >= 0.6 is 0 Å². The third-order valence-corrected chi connectivity index (χ3v) is 5.27. The van der Waals surface area contributed by atoms with E-state index in [1.807, 2.05) is 24.4 Å². The predicted molar refractivity (Wildman–Crippen MR) is 89.3 cm³/mol. The van der Waals surface area contributed by atoms with E-state index in [1.54, 1.807) is 0 Å². The van der Waals surface area contributed by atoms with E-state index in [0.717, 1.165) is 48.3 Å². The Labute approximate surface area is 134 Å². The number of H-pyrrole nitrogens is 1. The molecular weight excluding hydrogens is 286 g/mol. The SMILES string of the molecule is c1ccc(-c2ncc3[nH]c4c(c3n2)CC2(CCCO2)CC4)cc1. The molecule has 4 nitrogen and oxygen atoms in total. The number of aryl methyl sites for hydroxylation is 1. The van der Waals surface area contributed by atoms with E-state index in [1.165, 1.54) is 24.1 Å². The summed E-state index contributed by atoms with van der Waals surface area (Å²) in [6.07, 6.45) is 7.43. The molecule has 0 saturated carbocycles. The summed E-state index contributed by atoms with van der Waals surface area (Å²) in [7, 11) is 0. The monoisotopic (exact) mass is 305 g/mol. The molecule has 23 heavy (non-hydrogen) atoms. The molecule has 1 N–H and O–H groups in total. The van der Waals surface area contributed by atoms with Crippen molar-refractivity contribution >= 4 is 11.0 Å². The van der Waals surface area contributed by atoms with Gasteiger partial charge >= 0.3 is 0 Å². The van der Waals surface area contributed by atoms with Crippen molar-refractivity contribution in [1.29, 1.82) is 0 Å². The third-order valence-electron chi connectivity index (χ3n) is 5.27. The van der Waals surface area contributed by atoms with Gasteiger partial charge < -0.3 is 9.72 Å². The first kappa shape index (κ1) is 13.3. The van der Waals surface area contributed by atoms with Crippen molar-refractivity contribution in [1.82, 2.24) is 15.0 Å². The molecule has 4 heteroatoms. The molecule has 2 aliphatic rings. The van der Waals surface area contributed by atoms with Gasteiger partial charge in [0.1, 0.15) is 0 Å². The normalized spacial score (nSPS) is 23.5. The van der Waals surface area contributed by atoms with Crippen molar-refractivity contribution in [3.8, 4) is 11.4 Å². The highest BCUT2D eigenvalue weighted by Gasteiger charge is 2.39. The van der Waals surface area contributed by atoms with Crippen LogP contribution < -0.4 is 0 Å². The number of aromatic nitrogens is 3. The van der Waals surface area contributed by atoms with Gasteiger partial charge in [-0.25, -0.2) is 9.97 Å². The van der Waals surface area contributed by atoms with E-state index < -0.39 is 0 Å². The van der Waals surface area contributed by atoms with Crippen molar-refractivity contribution in [2.45, 2.75) is 37.7 Å². The van der Waals surface area contributed by atoms with E-state index in [2.05, 4.69) is 22.1 Å². The number of benzene rings is 1. The van der Waals surface area contributed by atoms with Gasteiger partial charge in [0.2, 0.25) is 0 Å². The molecule has 1 aliphatic heterocycles. The zero-order valence-electron chi connectivity index (χ0n) is 13.0. The van der Waals surface area contributed by atoms with Gasteiger partial charge in [0.15, 0.2) is 5.82 Å². The fourth-order valence-electron chi connectivity index (χ4n) is 4.07. The Kier molecular flexibility index (Phi) is 2.82. The van der Waals surface area contributed by atoms with Crippen molar-refractivity contribution < 1.29 is 4.74 Å². The molecule has 1 saturated heterocycles. The number of nitrogens with one attached hydrogen (secondary N) is 1. The molecule has 1 aromatic carbocycles. The van der Waals surface area contributed by atoms with Crippen LogP contribution in [0.15, 0.2) is 36.5 Å². The quantitative estimate of drug-likeness (QED) is 0.746. The van der Waals surface area contributed by atoms with Crippen molar-refractivity contribution in [3.05, 3.63) is 47.8 Å². The Morgan fingerprint density at radius 2 is 2.04 bits per heavy atom. The van der Waals surface area contributed by atoms with Gasteiger partial charge in [0.25, 0.3) is 0 Å². The largest absolute Gasteiger partial charge is 0.375 e. The Morgan fingerprint density at radius 1 is 1.13 bits per heavy atom. The minimum atomic E-state index is 0.0555. The first-order chi connectivity index (χ1) is 11.3. The van der Waals surface area contributed by atoms with Gasteiger partial charge in [-0.15, -0.1) is 0 Å². The minimum absolute atomic E-state index is 0.0555. The Hall–Kier alpha value is -2.20. The van der Waals surface area contributed by atoms with Gasteiger partial charge in [0, 0.05) is 29.8 Å². The van der Waals surface area contributed by atoms with Gasteiger partial charge in [0.05, 0.1) is 22.8 Å². The number of aromatic amines is 1. The first-order valence-corrected chi connectivity index (χ1v) is 8.39. The molecule has 1 unspecified atom stereocenters. The second-order valence-electron chi connectivity index (χ2n) is 6.72. The van der Waals surface area contributed by atoms with Crippen LogP contribution in [0.1, 0.15) is 30.5 Å². The molecule has 0 radical (unpaired) electrons. The van der Waals surface area contributed by atoms with Crippen LogP contribution in [-0.4, -0.2) is 27.2 Å². The number of hydrogen-bond donors (Lipinski definition) is 1. The number of nitrogens with zero attached hydrogens (tertiary/aromatic N) is 2. The van der Waals surface area contributed by atoms with Crippen molar-refractivity contribution in [2.24, 2.45) is 0 Å². The van der Waals surface area contributed by atoms with Crippen LogP contribution in [0.25, 0.3) is 22.4 Å². The van der Waals surface area contributed by atoms with Crippen LogP contribution in [0.2, 0.25) is 0 Å². The number of hydrogen-bond acceptors (Lipinski definition) is 3. The lowest BCUT2D eigenvalue weighted by atomic mass is 9.81. The molecule has 3 aromatic rings. The zero-order valence-corrected chi connectivity index (χ0v) is 13.0. The minimum Gasteiger partial charge on any atom is -0.375 e. The summed E-state index contributed by atoms with van der Waals surface area (Å²) in [5.41, 5.74) is 5.90. The second-order valence-corrected chi connectivity index (χ2v) is 6.72. The Bertz CT molecular complexity index is 863. The highest BCUT2D eigenvalue weighted by Crippen LogP contribution is 2.40. The van der Waals surface area contributed by atoms with E-state index >= 15 is 0 Å². The molecule has 1 spiro atoms. The zero-order chi connectivity index (χ0) is 15.3. The van der Waals surface area contributed by atoms with Crippen LogP contribution in [-0.2, 0) is 17.6 Å². The molecular formula is C19H19N3O. The van der Waals surface area contributed by atoms with Gasteiger partial charge in [-0.05, 0) is 25.7 Å². The van der Waals surface area contributed by atoms with Gasteiger partial charge in [-0.3, -0.25) is 0 Å². The molecule has 1 atom stereocenters. The third kappa shape index (κ3) is 2.09. The van der Waals surface area contributed by atoms with E-state index in [9.17, 15) is 0 Å². The predicted octanol–water partition coefficient (Wildman–Crippen LogP) is 3.66. The molecule has 1 fully saturated rings. The van der Waals surface area contributed by atoms with Crippen LogP contribution in [0.5, 0.6) is 0 Å². The number of rotatable bonds is 1. The fraction of sp³-hybridized carbons (Fsp3) is 0.368. The molecule has 1 aliphatic carbocycles. The average molecular weight is 305 g/mol.